The Morgan fingerprint density at radius 3 is 2.86 bits per heavy atom. The molecule has 1 fully saturated rings. The van der Waals surface area contributed by atoms with Crippen LogP contribution in [-0.2, 0) is 0 Å². The second-order valence-corrected chi connectivity index (χ2v) is 8.41. The molecule has 1 amide bonds. The van der Waals surface area contributed by atoms with E-state index in [4.69, 9.17) is 4.74 Å². The van der Waals surface area contributed by atoms with E-state index in [-0.39, 0.29) is 30.6 Å². The van der Waals surface area contributed by atoms with Gasteiger partial charge < -0.3 is 20.1 Å². The minimum absolute atomic E-state index is 0.0837. The summed E-state index contributed by atoms with van der Waals surface area (Å²) in [6.07, 6.45) is 7.62. The lowest BCUT2D eigenvalue weighted by Crippen LogP contribution is -2.49. The monoisotopic (exact) mass is 399 g/mol. The third-order valence-electron chi connectivity index (χ3n) is 6.02. The van der Waals surface area contributed by atoms with Crippen LogP contribution in [0.1, 0.15) is 61.9 Å². The quantitative estimate of drug-likeness (QED) is 0.744. The molecule has 2 N–H and O–H groups in total. The van der Waals surface area contributed by atoms with Crippen LogP contribution in [0.25, 0.3) is 0 Å². The summed E-state index contributed by atoms with van der Waals surface area (Å²) in [7, 11) is 1.88. The maximum absolute atomic E-state index is 13.3. The van der Waals surface area contributed by atoms with E-state index in [2.05, 4.69) is 29.1 Å². The number of pyridine rings is 1. The zero-order valence-electron chi connectivity index (χ0n) is 17.8. The molecule has 6 nitrogen and oxygen atoms in total. The molecule has 0 unspecified atom stereocenters. The van der Waals surface area contributed by atoms with E-state index in [0.29, 0.717) is 30.5 Å². The fourth-order valence-corrected chi connectivity index (χ4v) is 4.13. The van der Waals surface area contributed by atoms with Crippen molar-refractivity contribution >= 4 is 5.91 Å². The third kappa shape index (κ3) is 5.29. The molecule has 1 aromatic rings. The SMILES string of the molecule is CNC[C@@H]1Oc2ncc(C#CCC3CCCC3)cc2C(=O)N([C@H](C)CO)C[C@H]1C. The zero-order valence-corrected chi connectivity index (χ0v) is 17.8. The van der Waals surface area contributed by atoms with Crippen LogP contribution < -0.4 is 10.1 Å². The summed E-state index contributed by atoms with van der Waals surface area (Å²) in [4.78, 5) is 19.4. The Labute approximate surface area is 174 Å². The molecule has 0 radical (unpaired) electrons. The van der Waals surface area contributed by atoms with Crippen molar-refractivity contribution in [2.24, 2.45) is 11.8 Å². The molecule has 2 aliphatic rings. The molecule has 6 heteroatoms. The molecule has 3 atom stereocenters. The topological polar surface area (TPSA) is 74.7 Å². The number of aromatic nitrogens is 1. The highest BCUT2D eigenvalue weighted by atomic mass is 16.5. The van der Waals surface area contributed by atoms with Crippen LogP contribution in [0.2, 0.25) is 0 Å². The molecule has 1 aromatic heterocycles. The number of carbonyl (C=O) groups is 1. The number of hydrogen-bond donors (Lipinski definition) is 2. The first-order valence-corrected chi connectivity index (χ1v) is 10.8. The van der Waals surface area contributed by atoms with Gasteiger partial charge >= 0.3 is 0 Å². The predicted molar refractivity (Wildman–Crippen MR) is 113 cm³/mol. The molecule has 1 aliphatic carbocycles. The van der Waals surface area contributed by atoms with Gasteiger partial charge in [-0.1, -0.05) is 31.6 Å². The van der Waals surface area contributed by atoms with E-state index in [0.717, 1.165) is 12.0 Å². The van der Waals surface area contributed by atoms with Gasteiger partial charge in [-0.25, -0.2) is 4.98 Å². The summed E-state index contributed by atoms with van der Waals surface area (Å²) >= 11 is 0. The van der Waals surface area contributed by atoms with Gasteiger partial charge in [0.1, 0.15) is 11.7 Å². The van der Waals surface area contributed by atoms with Crippen molar-refractivity contribution in [3.05, 3.63) is 23.4 Å². The Bertz CT molecular complexity index is 764. The fourth-order valence-electron chi connectivity index (χ4n) is 4.13. The van der Waals surface area contributed by atoms with E-state index in [1.54, 1.807) is 17.2 Å². The Morgan fingerprint density at radius 1 is 1.41 bits per heavy atom. The van der Waals surface area contributed by atoms with Gasteiger partial charge in [-0.2, -0.15) is 0 Å². The van der Waals surface area contributed by atoms with E-state index in [1.807, 2.05) is 14.0 Å². The van der Waals surface area contributed by atoms with E-state index < -0.39 is 0 Å². The maximum atomic E-state index is 13.3. The Morgan fingerprint density at radius 2 is 2.17 bits per heavy atom. The van der Waals surface area contributed by atoms with Crippen molar-refractivity contribution in [2.75, 3.05) is 26.7 Å². The molecule has 0 bridgehead atoms. The molecule has 3 rings (SSSR count). The van der Waals surface area contributed by atoms with Crippen molar-refractivity contribution in [1.82, 2.24) is 15.2 Å². The van der Waals surface area contributed by atoms with Gasteiger partial charge in [0.05, 0.1) is 12.6 Å². The molecule has 0 spiro atoms. The number of amides is 1. The number of rotatable bonds is 5. The van der Waals surface area contributed by atoms with Gasteiger partial charge in [-0.3, -0.25) is 4.79 Å². The van der Waals surface area contributed by atoms with E-state index >= 15 is 0 Å². The lowest BCUT2D eigenvalue weighted by molar-refractivity contribution is 0.0404. The molecule has 1 aliphatic heterocycles. The molecule has 29 heavy (non-hydrogen) atoms. The average molecular weight is 400 g/mol. The highest BCUT2D eigenvalue weighted by Gasteiger charge is 2.33. The summed E-state index contributed by atoms with van der Waals surface area (Å²) in [5.41, 5.74) is 1.15. The number of hydrogen-bond acceptors (Lipinski definition) is 5. The van der Waals surface area contributed by atoms with E-state index in [9.17, 15) is 9.90 Å². The highest BCUT2D eigenvalue weighted by Crippen LogP contribution is 2.28. The van der Waals surface area contributed by atoms with E-state index in [1.165, 1.54) is 25.7 Å². The van der Waals surface area contributed by atoms with Crippen LogP contribution in [0.4, 0.5) is 0 Å². The average Bonchev–Trinajstić information content (AvgIpc) is 3.24. The normalized spacial score (nSPS) is 23.4. The van der Waals surface area contributed by atoms with Gasteiger partial charge in [0.2, 0.25) is 5.88 Å². The minimum Gasteiger partial charge on any atom is -0.472 e. The Hall–Kier alpha value is -2.10. The maximum Gasteiger partial charge on any atom is 0.259 e. The zero-order chi connectivity index (χ0) is 20.8. The molecule has 1 saturated carbocycles. The molecule has 0 aromatic carbocycles. The van der Waals surface area contributed by atoms with Gasteiger partial charge in [-0.15, -0.1) is 0 Å². The molecule has 158 valence electrons. The molecule has 0 saturated heterocycles. The van der Waals surface area contributed by atoms with Crippen molar-refractivity contribution in [3.8, 4) is 17.7 Å². The summed E-state index contributed by atoms with van der Waals surface area (Å²) < 4.78 is 6.13. The lowest BCUT2D eigenvalue weighted by atomic mass is 10.00. The number of likely N-dealkylation sites (N-methyl/N-ethyl adjacent to an activating group) is 1. The first-order valence-electron chi connectivity index (χ1n) is 10.8. The first kappa shape index (κ1) is 21.6. The summed E-state index contributed by atoms with van der Waals surface area (Å²) in [5.74, 6) is 7.43. The van der Waals surface area contributed by atoms with Gasteiger partial charge in [0, 0.05) is 37.2 Å². The summed E-state index contributed by atoms with van der Waals surface area (Å²) in [5, 5.41) is 12.8. The third-order valence-corrected chi connectivity index (χ3v) is 6.02. The minimum atomic E-state index is -0.275. The van der Waals surface area contributed by atoms with Crippen molar-refractivity contribution in [3.63, 3.8) is 0 Å². The van der Waals surface area contributed by atoms with Crippen LogP contribution >= 0.6 is 0 Å². The Kier molecular flexibility index (Phi) is 7.51. The lowest BCUT2D eigenvalue weighted by Gasteiger charge is -2.36. The first-order chi connectivity index (χ1) is 14.0. The smallest absolute Gasteiger partial charge is 0.259 e. The number of carbonyl (C=O) groups excluding carboxylic acids is 1. The number of nitrogens with zero attached hydrogens (tertiary/aromatic N) is 2. The van der Waals surface area contributed by atoms with Crippen LogP contribution in [0.5, 0.6) is 5.88 Å². The second kappa shape index (κ2) is 10.1. The largest absolute Gasteiger partial charge is 0.472 e. The number of aliphatic hydroxyl groups is 1. The number of nitrogens with one attached hydrogen (secondary N) is 1. The molecular weight excluding hydrogens is 366 g/mol. The van der Waals surface area contributed by atoms with Gasteiger partial charge in [-0.05, 0) is 38.8 Å². The van der Waals surface area contributed by atoms with Gasteiger partial charge in [0.25, 0.3) is 5.91 Å². The molecule has 2 heterocycles. The van der Waals surface area contributed by atoms with Crippen LogP contribution in [0.15, 0.2) is 12.3 Å². The summed E-state index contributed by atoms with van der Waals surface area (Å²) in [6.45, 7) is 5.00. The fraction of sp³-hybridized carbons (Fsp3) is 0.652. The Balaban J connectivity index is 1.89. The van der Waals surface area contributed by atoms with Crippen molar-refractivity contribution in [2.45, 2.75) is 58.1 Å². The second-order valence-electron chi connectivity index (χ2n) is 8.41. The van der Waals surface area contributed by atoms with Crippen LogP contribution in [0, 0.1) is 23.7 Å². The number of aliphatic hydroxyl groups excluding tert-OH is 1. The van der Waals surface area contributed by atoms with Crippen LogP contribution in [0.3, 0.4) is 0 Å². The predicted octanol–water partition coefficient (Wildman–Crippen LogP) is 2.45. The number of ether oxygens (including phenoxy) is 1. The van der Waals surface area contributed by atoms with Crippen LogP contribution in [-0.4, -0.2) is 59.8 Å². The summed E-state index contributed by atoms with van der Waals surface area (Å²) in [6, 6.07) is 1.51. The molecular formula is C23H33N3O3. The standard InChI is InChI=1S/C23H33N3O3/c1-16-14-26(17(2)15-27)23(28)20-11-19(10-6-9-18-7-4-5-8-18)12-25-22(20)29-21(16)13-24-3/h11-12,16-18,21,24,27H,4-5,7-9,13-15H2,1-3H3/t16-,17-,21+/m1/s1. The van der Waals surface area contributed by atoms with Gasteiger partial charge in [0.15, 0.2) is 0 Å². The van der Waals surface area contributed by atoms with Crippen molar-refractivity contribution in [1.29, 1.82) is 0 Å². The van der Waals surface area contributed by atoms with Crippen molar-refractivity contribution < 1.29 is 14.6 Å². The highest BCUT2D eigenvalue weighted by molar-refractivity contribution is 5.97. The number of fused-ring (bicyclic) bond motifs is 1.